The summed E-state index contributed by atoms with van der Waals surface area (Å²) in [6.07, 6.45) is 6.35. The van der Waals surface area contributed by atoms with E-state index in [4.69, 9.17) is 0 Å². The number of guanidine groups is 1. The topological polar surface area (TPSA) is 56.7 Å². The summed E-state index contributed by atoms with van der Waals surface area (Å²) in [4.78, 5) is 17.7. The second-order valence-electron chi connectivity index (χ2n) is 6.73. The van der Waals surface area contributed by atoms with Crippen LogP contribution in [0.25, 0.3) is 0 Å². The van der Waals surface area contributed by atoms with Gasteiger partial charge in [0.05, 0.1) is 0 Å². The van der Waals surface area contributed by atoms with Crippen LogP contribution in [0.1, 0.15) is 37.2 Å². The number of rotatable bonds is 6. The fourth-order valence-corrected chi connectivity index (χ4v) is 3.10. The predicted octanol–water partition coefficient (Wildman–Crippen LogP) is 2.52. The van der Waals surface area contributed by atoms with Gasteiger partial charge in [0.1, 0.15) is 6.54 Å². The Labute approximate surface area is 151 Å². The Morgan fingerprint density at radius 2 is 1.92 bits per heavy atom. The summed E-state index contributed by atoms with van der Waals surface area (Å²) in [5.41, 5.74) is 1.44. The van der Waals surface area contributed by atoms with Crippen molar-refractivity contribution in [1.29, 1.82) is 0 Å². The molecule has 1 fully saturated rings. The van der Waals surface area contributed by atoms with Crippen molar-refractivity contribution < 1.29 is 4.79 Å². The lowest BCUT2D eigenvalue weighted by atomic mass is 9.82. The molecular formula is C20H30N4O. The maximum atomic E-state index is 11.8. The smallest absolute Gasteiger partial charge is 0.243 e. The molecule has 0 aromatic heterocycles. The molecule has 5 heteroatoms. The molecule has 0 aliphatic heterocycles. The van der Waals surface area contributed by atoms with Crippen LogP contribution in [0.5, 0.6) is 0 Å². The van der Waals surface area contributed by atoms with Gasteiger partial charge in [0.2, 0.25) is 5.91 Å². The Kier molecular flexibility index (Phi) is 7.51. The second-order valence-corrected chi connectivity index (χ2v) is 6.73. The van der Waals surface area contributed by atoms with Crippen LogP contribution in [0.4, 0.5) is 0 Å². The van der Waals surface area contributed by atoms with E-state index >= 15 is 0 Å². The monoisotopic (exact) mass is 342 g/mol. The summed E-state index contributed by atoms with van der Waals surface area (Å²) in [6.45, 7) is 4.50. The number of hydrogen-bond donors (Lipinski definition) is 2. The Balaban J connectivity index is 1.88. The van der Waals surface area contributed by atoms with Gasteiger partial charge in [-0.3, -0.25) is 4.79 Å². The maximum Gasteiger partial charge on any atom is 0.243 e. The highest BCUT2D eigenvalue weighted by atomic mass is 16.2. The lowest BCUT2D eigenvalue weighted by Crippen LogP contribution is -2.45. The van der Waals surface area contributed by atoms with E-state index in [-0.39, 0.29) is 12.5 Å². The molecule has 0 saturated heterocycles. The first-order chi connectivity index (χ1) is 12.1. The molecule has 0 spiro atoms. The minimum atomic E-state index is -0.00695. The molecule has 1 amide bonds. The summed E-state index contributed by atoms with van der Waals surface area (Å²) in [5, 5.41) is 6.68. The molecule has 1 aliphatic carbocycles. The largest absolute Gasteiger partial charge is 0.354 e. The fourth-order valence-electron chi connectivity index (χ4n) is 3.10. The maximum absolute atomic E-state index is 11.8. The molecule has 0 unspecified atom stereocenters. The molecule has 25 heavy (non-hydrogen) atoms. The molecule has 5 nitrogen and oxygen atoms in total. The van der Waals surface area contributed by atoms with Gasteiger partial charge in [-0.05, 0) is 37.2 Å². The number of hydrogen-bond acceptors (Lipinski definition) is 2. The van der Waals surface area contributed by atoms with Gasteiger partial charge < -0.3 is 15.5 Å². The summed E-state index contributed by atoms with van der Waals surface area (Å²) in [5.74, 6) is 1.34. The van der Waals surface area contributed by atoms with E-state index in [9.17, 15) is 4.79 Å². The molecule has 136 valence electrons. The van der Waals surface area contributed by atoms with Crippen molar-refractivity contribution in [2.75, 3.05) is 27.2 Å². The Bertz CT molecular complexity index is 575. The molecule has 0 bridgehead atoms. The summed E-state index contributed by atoms with van der Waals surface area (Å²) in [6, 6.07) is 11.1. The Morgan fingerprint density at radius 3 is 2.52 bits per heavy atom. The van der Waals surface area contributed by atoms with Crippen molar-refractivity contribution >= 4 is 11.9 Å². The third-order valence-corrected chi connectivity index (χ3v) is 4.62. The van der Waals surface area contributed by atoms with Gasteiger partial charge in [-0.25, -0.2) is 4.99 Å². The van der Waals surface area contributed by atoms with Gasteiger partial charge in [0, 0.05) is 26.7 Å². The number of nitrogens with one attached hydrogen (secondary N) is 2. The molecule has 0 heterocycles. The SMILES string of the molecule is C=CCNC(=NCC(=O)N(C)C)NC1CCC(c2ccccc2)CC1. The molecule has 1 saturated carbocycles. The molecule has 1 aromatic carbocycles. The molecule has 1 aliphatic rings. The third kappa shape index (κ3) is 6.25. The van der Waals surface area contributed by atoms with Crippen LogP contribution in [0.15, 0.2) is 48.0 Å². The number of likely N-dealkylation sites (N-methyl/N-ethyl adjacent to an activating group) is 1. The summed E-state index contributed by atoms with van der Waals surface area (Å²) >= 11 is 0. The minimum absolute atomic E-state index is 0.00695. The molecule has 0 atom stereocenters. The highest BCUT2D eigenvalue weighted by molar-refractivity contribution is 5.85. The lowest BCUT2D eigenvalue weighted by molar-refractivity contribution is -0.127. The van der Waals surface area contributed by atoms with Crippen LogP contribution < -0.4 is 10.6 Å². The van der Waals surface area contributed by atoms with Crippen LogP contribution >= 0.6 is 0 Å². The molecule has 2 rings (SSSR count). The van der Waals surface area contributed by atoms with E-state index in [0.717, 1.165) is 12.8 Å². The predicted molar refractivity (Wildman–Crippen MR) is 104 cm³/mol. The van der Waals surface area contributed by atoms with E-state index < -0.39 is 0 Å². The first-order valence-corrected chi connectivity index (χ1v) is 9.01. The number of carbonyl (C=O) groups excluding carboxylic acids is 1. The van der Waals surface area contributed by atoms with Gasteiger partial charge >= 0.3 is 0 Å². The first kappa shape index (κ1) is 19.0. The number of aliphatic imine (C=N–C) groups is 1. The van der Waals surface area contributed by atoms with Crippen molar-refractivity contribution in [2.24, 2.45) is 4.99 Å². The van der Waals surface area contributed by atoms with Gasteiger partial charge in [0.15, 0.2) is 5.96 Å². The van der Waals surface area contributed by atoms with E-state index in [1.165, 1.54) is 18.4 Å². The van der Waals surface area contributed by atoms with Gasteiger partial charge in [0.25, 0.3) is 0 Å². The molecular weight excluding hydrogens is 312 g/mol. The van der Waals surface area contributed by atoms with E-state index in [0.29, 0.717) is 24.5 Å². The van der Waals surface area contributed by atoms with Crippen molar-refractivity contribution in [3.05, 3.63) is 48.6 Å². The van der Waals surface area contributed by atoms with Gasteiger partial charge in [-0.15, -0.1) is 6.58 Å². The number of carbonyl (C=O) groups is 1. The minimum Gasteiger partial charge on any atom is -0.354 e. The highest BCUT2D eigenvalue weighted by Crippen LogP contribution is 2.32. The van der Waals surface area contributed by atoms with Crippen LogP contribution in [0.2, 0.25) is 0 Å². The van der Waals surface area contributed by atoms with Crippen molar-refractivity contribution in [3.63, 3.8) is 0 Å². The average Bonchev–Trinajstić information content (AvgIpc) is 2.64. The first-order valence-electron chi connectivity index (χ1n) is 9.01. The van der Waals surface area contributed by atoms with Crippen LogP contribution in [0, 0.1) is 0 Å². The van der Waals surface area contributed by atoms with Gasteiger partial charge in [-0.2, -0.15) is 0 Å². The zero-order valence-corrected chi connectivity index (χ0v) is 15.4. The highest BCUT2D eigenvalue weighted by Gasteiger charge is 2.22. The normalized spacial score (nSPS) is 20.6. The quantitative estimate of drug-likeness (QED) is 0.474. The van der Waals surface area contributed by atoms with Crippen LogP contribution in [-0.2, 0) is 4.79 Å². The number of amides is 1. The summed E-state index contributed by atoms with van der Waals surface area (Å²) in [7, 11) is 3.49. The zero-order valence-electron chi connectivity index (χ0n) is 15.4. The van der Waals surface area contributed by atoms with Crippen molar-refractivity contribution in [3.8, 4) is 0 Å². The second kappa shape index (κ2) is 9.87. The van der Waals surface area contributed by atoms with Crippen molar-refractivity contribution in [2.45, 2.75) is 37.6 Å². The standard InChI is InChI=1S/C20H30N4O/c1-4-14-21-20(22-15-19(25)24(2)3)23-18-12-10-17(11-13-18)16-8-6-5-7-9-16/h4-9,17-18H,1,10-15H2,2-3H3,(H2,21,22,23). The Morgan fingerprint density at radius 1 is 1.24 bits per heavy atom. The van der Waals surface area contributed by atoms with E-state index in [1.54, 1.807) is 25.1 Å². The van der Waals surface area contributed by atoms with Crippen molar-refractivity contribution in [1.82, 2.24) is 15.5 Å². The van der Waals surface area contributed by atoms with Crippen LogP contribution in [0.3, 0.4) is 0 Å². The number of nitrogens with zero attached hydrogens (tertiary/aromatic N) is 2. The molecule has 2 N–H and O–H groups in total. The Hall–Kier alpha value is -2.30. The van der Waals surface area contributed by atoms with E-state index in [2.05, 4.69) is 52.5 Å². The zero-order chi connectivity index (χ0) is 18.1. The average molecular weight is 342 g/mol. The fraction of sp³-hybridized carbons (Fsp3) is 0.500. The molecule has 1 aromatic rings. The number of benzene rings is 1. The lowest BCUT2D eigenvalue weighted by Gasteiger charge is -2.30. The van der Waals surface area contributed by atoms with Gasteiger partial charge in [-0.1, -0.05) is 36.4 Å². The van der Waals surface area contributed by atoms with E-state index in [1.807, 2.05) is 0 Å². The third-order valence-electron chi connectivity index (χ3n) is 4.62. The molecule has 0 radical (unpaired) electrons. The summed E-state index contributed by atoms with van der Waals surface area (Å²) < 4.78 is 0. The van der Waals surface area contributed by atoms with Crippen LogP contribution in [-0.4, -0.2) is 50.0 Å².